The number of carbonyl (C=O) groups excluding carboxylic acids is 2. The molecule has 2 atom stereocenters. The molecule has 0 saturated carbocycles. The lowest BCUT2D eigenvalue weighted by Crippen LogP contribution is -2.39. The van der Waals surface area contributed by atoms with Crippen LogP contribution in [-0.2, 0) is 30.0 Å². The number of aromatic nitrogens is 2. The summed E-state index contributed by atoms with van der Waals surface area (Å²) < 4.78 is 69.1. The number of benzene rings is 2. The zero-order chi connectivity index (χ0) is 36.3. The monoisotopic (exact) mass is 719 g/mol. The van der Waals surface area contributed by atoms with E-state index in [0.717, 1.165) is 13.2 Å². The highest BCUT2D eigenvalue weighted by Gasteiger charge is 2.45. The standard InChI is InChI=1S/C34H37ClF3N5O7/c1-6-49-32(45)28-23(40-17(2)26(31(44)48-5)27(28)19-8-7-9-21(29(19)35)34(36,37)38)16-50-18-10-12-43(13-11-18)33-41-22-15-25(47-4)24(46-3)14-20(22)30(39)42-33/h7-9,14-15,18,26-27H,6,10-13,16H2,1-5H3,(H2,39,41,42). The van der Waals surface area contributed by atoms with E-state index >= 15 is 0 Å². The number of alkyl halides is 3. The molecular formula is C34H37ClF3N5O7. The van der Waals surface area contributed by atoms with Gasteiger partial charge in [0.1, 0.15) is 11.7 Å². The minimum atomic E-state index is -4.79. The van der Waals surface area contributed by atoms with Crippen LogP contribution in [-0.4, -0.2) is 81.4 Å². The molecule has 0 aliphatic carbocycles. The van der Waals surface area contributed by atoms with Crippen molar-refractivity contribution in [1.29, 1.82) is 0 Å². The molecule has 2 aliphatic rings. The van der Waals surface area contributed by atoms with E-state index in [-0.39, 0.29) is 47.7 Å². The Balaban J connectivity index is 1.41. The van der Waals surface area contributed by atoms with E-state index < -0.39 is 40.5 Å². The number of halogens is 4. The fourth-order valence-corrected chi connectivity index (χ4v) is 6.65. The number of nitrogens with two attached hydrogens (primary N) is 1. The number of hydrogen-bond donors (Lipinski definition) is 1. The molecule has 12 nitrogen and oxygen atoms in total. The topological polar surface area (TPSA) is 148 Å². The van der Waals surface area contributed by atoms with Crippen molar-refractivity contribution < 1.29 is 46.4 Å². The van der Waals surface area contributed by atoms with Gasteiger partial charge in [0.15, 0.2) is 11.5 Å². The van der Waals surface area contributed by atoms with E-state index in [9.17, 15) is 22.8 Å². The average Bonchev–Trinajstić information content (AvgIpc) is 3.09. The molecular weight excluding hydrogens is 683 g/mol. The van der Waals surface area contributed by atoms with Crippen LogP contribution in [0, 0.1) is 5.92 Å². The molecule has 0 radical (unpaired) electrons. The zero-order valence-electron chi connectivity index (χ0n) is 28.1. The summed E-state index contributed by atoms with van der Waals surface area (Å²) >= 11 is 6.36. The molecule has 5 rings (SSSR count). The summed E-state index contributed by atoms with van der Waals surface area (Å²) in [4.78, 5) is 42.3. The summed E-state index contributed by atoms with van der Waals surface area (Å²) in [5, 5.41) is -0.0186. The van der Waals surface area contributed by atoms with Crippen LogP contribution in [0.4, 0.5) is 24.9 Å². The summed E-state index contributed by atoms with van der Waals surface area (Å²) in [5.41, 5.74) is 5.90. The second-order valence-electron chi connectivity index (χ2n) is 11.6. The summed E-state index contributed by atoms with van der Waals surface area (Å²) in [7, 11) is 4.20. The van der Waals surface area contributed by atoms with Crippen molar-refractivity contribution >= 4 is 51.9 Å². The van der Waals surface area contributed by atoms with E-state index in [2.05, 4.69) is 9.98 Å². The van der Waals surface area contributed by atoms with Gasteiger partial charge < -0.3 is 34.3 Å². The van der Waals surface area contributed by atoms with Crippen LogP contribution in [0.3, 0.4) is 0 Å². The first kappa shape index (κ1) is 36.6. The van der Waals surface area contributed by atoms with Crippen molar-refractivity contribution in [2.24, 2.45) is 10.9 Å². The number of ether oxygens (including phenoxy) is 5. The predicted molar refractivity (Wildman–Crippen MR) is 180 cm³/mol. The lowest BCUT2D eigenvalue weighted by Gasteiger charge is -2.34. The van der Waals surface area contributed by atoms with Gasteiger partial charge in [-0.15, -0.1) is 0 Å². The number of esters is 2. The van der Waals surface area contributed by atoms with Crippen LogP contribution in [0.5, 0.6) is 11.5 Å². The molecule has 1 saturated heterocycles. The van der Waals surface area contributed by atoms with E-state index in [1.54, 1.807) is 19.1 Å². The van der Waals surface area contributed by atoms with Gasteiger partial charge in [-0.2, -0.15) is 18.2 Å². The van der Waals surface area contributed by atoms with Gasteiger partial charge in [0.2, 0.25) is 5.95 Å². The van der Waals surface area contributed by atoms with Gasteiger partial charge in [-0.3, -0.25) is 9.79 Å². The maximum absolute atomic E-state index is 13.9. The van der Waals surface area contributed by atoms with Crippen LogP contribution in [0.1, 0.15) is 43.7 Å². The number of nitrogens with zero attached hydrogens (tertiary/aromatic N) is 4. The van der Waals surface area contributed by atoms with Gasteiger partial charge in [0.05, 0.1) is 68.0 Å². The Hall–Kier alpha value is -4.63. The molecule has 2 aromatic carbocycles. The number of anilines is 2. The number of piperidine rings is 1. The fourth-order valence-electron chi connectivity index (χ4n) is 6.30. The van der Waals surface area contributed by atoms with Crippen molar-refractivity contribution in [2.45, 2.75) is 44.9 Å². The smallest absolute Gasteiger partial charge is 0.417 e. The zero-order valence-corrected chi connectivity index (χ0v) is 28.9. The molecule has 3 heterocycles. The van der Waals surface area contributed by atoms with E-state index in [0.29, 0.717) is 54.3 Å². The molecule has 0 amide bonds. The highest BCUT2D eigenvalue weighted by molar-refractivity contribution is 6.32. The average molecular weight is 720 g/mol. The molecule has 1 fully saturated rings. The normalized spacial score (nSPS) is 18.6. The SMILES string of the molecule is CCOC(=O)C1=C(COC2CCN(c3nc(N)c4cc(OC)c(OC)cc4n3)CC2)N=C(C)C(C(=O)OC)C1c1cccc(C(F)(F)F)c1Cl. The fraction of sp³-hybridized carbons (Fsp3) is 0.441. The van der Waals surface area contributed by atoms with Crippen molar-refractivity contribution in [3.63, 3.8) is 0 Å². The van der Waals surface area contributed by atoms with Gasteiger partial charge in [0.25, 0.3) is 0 Å². The third-order valence-corrected chi connectivity index (χ3v) is 9.16. The van der Waals surface area contributed by atoms with Crippen LogP contribution in [0.2, 0.25) is 5.02 Å². The van der Waals surface area contributed by atoms with Crippen LogP contribution in [0.25, 0.3) is 10.9 Å². The Morgan fingerprint density at radius 2 is 1.74 bits per heavy atom. The van der Waals surface area contributed by atoms with E-state index in [4.69, 9.17) is 46.0 Å². The predicted octanol–water partition coefficient (Wildman–Crippen LogP) is 5.75. The van der Waals surface area contributed by atoms with Gasteiger partial charge in [-0.25, -0.2) is 9.78 Å². The van der Waals surface area contributed by atoms with Gasteiger partial charge in [0, 0.05) is 36.2 Å². The number of carbonyl (C=O) groups is 2. The van der Waals surface area contributed by atoms with E-state index in [1.807, 2.05) is 4.90 Å². The third-order valence-electron chi connectivity index (χ3n) is 8.74. The van der Waals surface area contributed by atoms with Crippen molar-refractivity contribution in [3.8, 4) is 11.5 Å². The maximum atomic E-state index is 13.9. The molecule has 1 aromatic heterocycles. The van der Waals surface area contributed by atoms with Crippen molar-refractivity contribution in [1.82, 2.24) is 9.97 Å². The number of rotatable bonds is 10. The first-order chi connectivity index (χ1) is 23.8. The molecule has 3 aromatic rings. The lowest BCUT2D eigenvalue weighted by atomic mass is 9.75. The lowest BCUT2D eigenvalue weighted by molar-refractivity contribution is -0.144. The number of fused-ring (bicyclic) bond motifs is 1. The summed E-state index contributed by atoms with van der Waals surface area (Å²) in [6, 6.07) is 6.81. The number of methoxy groups -OCH3 is 3. The third kappa shape index (κ3) is 7.29. The highest BCUT2D eigenvalue weighted by atomic mass is 35.5. The van der Waals surface area contributed by atoms with Crippen molar-refractivity contribution in [3.05, 3.63) is 57.8 Å². The molecule has 2 aliphatic heterocycles. The van der Waals surface area contributed by atoms with Crippen LogP contribution >= 0.6 is 11.6 Å². The second-order valence-corrected chi connectivity index (χ2v) is 12.0. The number of aliphatic imine (C=N–C) groups is 1. The Morgan fingerprint density at radius 3 is 2.36 bits per heavy atom. The minimum absolute atomic E-state index is 0.0365. The molecule has 50 heavy (non-hydrogen) atoms. The molecule has 2 unspecified atom stereocenters. The molecule has 0 spiro atoms. The van der Waals surface area contributed by atoms with Crippen LogP contribution < -0.4 is 20.1 Å². The Kier molecular flexibility index (Phi) is 11.1. The van der Waals surface area contributed by atoms with E-state index in [1.165, 1.54) is 33.3 Å². The first-order valence-electron chi connectivity index (χ1n) is 15.8. The van der Waals surface area contributed by atoms with Crippen LogP contribution in [0.15, 0.2) is 46.6 Å². The molecule has 268 valence electrons. The highest BCUT2D eigenvalue weighted by Crippen LogP contribution is 2.46. The number of hydrogen-bond acceptors (Lipinski definition) is 12. The minimum Gasteiger partial charge on any atom is -0.493 e. The number of nitrogen functional groups attached to an aromatic ring is 1. The molecule has 16 heteroatoms. The maximum Gasteiger partial charge on any atom is 0.417 e. The second kappa shape index (κ2) is 15.1. The molecule has 2 N–H and O–H groups in total. The Morgan fingerprint density at radius 1 is 1.06 bits per heavy atom. The summed E-state index contributed by atoms with van der Waals surface area (Å²) in [5.74, 6) is -2.46. The largest absolute Gasteiger partial charge is 0.493 e. The summed E-state index contributed by atoms with van der Waals surface area (Å²) in [6.07, 6.45) is -3.98. The van der Waals surface area contributed by atoms with Crippen molar-refractivity contribution in [2.75, 3.05) is 58.3 Å². The quantitative estimate of drug-likeness (QED) is 0.256. The summed E-state index contributed by atoms with van der Waals surface area (Å²) in [6.45, 7) is 3.94. The van der Waals surface area contributed by atoms with Gasteiger partial charge in [-0.05, 0) is 44.4 Å². The molecule has 0 bridgehead atoms. The van der Waals surface area contributed by atoms with Gasteiger partial charge in [-0.1, -0.05) is 23.7 Å². The Bertz CT molecular complexity index is 1840. The first-order valence-corrected chi connectivity index (χ1v) is 16.1. The Labute approximate surface area is 291 Å². The van der Waals surface area contributed by atoms with Gasteiger partial charge >= 0.3 is 18.1 Å².